The van der Waals surface area contributed by atoms with Crippen molar-refractivity contribution >= 4 is 17.5 Å². The van der Waals surface area contributed by atoms with Crippen LogP contribution in [0.2, 0.25) is 5.02 Å². The normalized spacial score (nSPS) is 16.8. The summed E-state index contributed by atoms with van der Waals surface area (Å²) in [5.41, 5.74) is 4.58. The van der Waals surface area contributed by atoms with E-state index in [1.165, 1.54) is 0 Å². The van der Waals surface area contributed by atoms with Crippen molar-refractivity contribution in [2.45, 2.75) is 13.0 Å². The first-order chi connectivity index (χ1) is 13.6. The maximum absolute atomic E-state index is 13.3. The third kappa shape index (κ3) is 3.66. The highest BCUT2D eigenvalue weighted by Crippen LogP contribution is 2.28. The number of hydrogen-bond acceptors (Lipinski definition) is 3. The molecule has 1 aromatic heterocycles. The van der Waals surface area contributed by atoms with Crippen molar-refractivity contribution in [3.63, 3.8) is 0 Å². The van der Waals surface area contributed by atoms with Gasteiger partial charge in [0.2, 0.25) is 0 Å². The molecule has 4 nitrogen and oxygen atoms in total. The van der Waals surface area contributed by atoms with Crippen molar-refractivity contribution in [2.24, 2.45) is 0 Å². The van der Waals surface area contributed by atoms with Crippen LogP contribution in [0, 0.1) is 6.92 Å². The summed E-state index contributed by atoms with van der Waals surface area (Å²) >= 11 is 6.37. The van der Waals surface area contributed by atoms with Gasteiger partial charge in [-0.05, 0) is 42.3 Å². The van der Waals surface area contributed by atoms with Gasteiger partial charge in [0.05, 0.1) is 11.7 Å². The molecule has 0 saturated carbocycles. The number of hydrogen-bond donors (Lipinski definition) is 1. The second-order valence-corrected chi connectivity index (χ2v) is 7.38. The number of nitrogens with one attached hydrogen (secondary N) is 1. The van der Waals surface area contributed by atoms with Crippen molar-refractivity contribution in [3.8, 4) is 11.3 Å². The molecular formula is C23H22ClN3O. The van der Waals surface area contributed by atoms with E-state index in [4.69, 9.17) is 11.6 Å². The lowest BCUT2D eigenvalue weighted by molar-refractivity contribution is 0.0702. The highest BCUT2D eigenvalue weighted by atomic mass is 35.5. The molecule has 1 aliphatic rings. The number of benzene rings is 2. The molecule has 3 aromatic rings. The van der Waals surface area contributed by atoms with Crippen LogP contribution in [-0.4, -0.2) is 35.4 Å². The summed E-state index contributed by atoms with van der Waals surface area (Å²) < 4.78 is 0. The van der Waals surface area contributed by atoms with Crippen LogP contribution < -0.4 is 5.32 Å². The van der Waals surface area contributed by atoms with Crippen LogP contribution in [0.5, 0.6) is 0 Å². The van der Waals surface area contributed by atoms with Gasteiger partial charge in [0.25, 0.3) is 5.91 Å². The first-order valence-corrected chi connectivity index (χ1v) is 9.81. The van der Waals surface area contributed by atoms with Crippen LogP contribution in [0.25, 0.3) is 11.3 Å². The summed E-state index contributed by atoms with van der Waals surface area (Å²) in [6, 6.07) is 19.5. The number of rotatable bonds is 3. The Balaban J connectivity index is 1.60. The number of aromatic nitrogens is 1. The Morgan fingerprint density at radius 3 is 2.71 bits per heavy atom. The van der Waals surface area contributed by atoms with E-state index in [1.54, 1.807) is 6.20 Å². The summed E-state index contributed by atoms with van der Waals surface area (Å²) in [5.74, 6) is 0.0498. The fourth-order valence-electron chi connectivity index (χ4n) is 3.74. The number of carbonyl (C=O) groups excluding carboxylic acids is 1. The van der Waals surface area contributed by atoms with Gasteiger partial charge >= 0.3 is 0 Å². The zero-order chi connectivity index (χ0) is 19.5. The van der Waals surface area contributed by atoms with Gasteiger partial charge in [-0.15, -0.1) is 0 Å². The lowest BCUT2D eigenvalue weighted by Gasteiger charge is -2.34. The molecule has 1 aliphatic heterocycles. The predicted octanol–water partition coefficient (Wildman–Crippen LogP) is 4.50. The van der Waals surface area contributed by atoms with Crippen LogP contribution in [0.1, 0.15) is 27.5 Å². The van der Waals surface area contributed by atoms with E-state index in [-0.39, 0.29) is 11.9 Å². The molecule has 28 heavy (non-hydrogen) atoms. The van der Waals surface area contributed by atoms with Gasteiger partial charge in [0.1, 0.15) is 0 Å². The molecule has 1 unspecified atom stereocenters. The molecular weight excluding hydrogens is 370 g/mol. The molecule has 0 spiro atoms. The van der Waals surface area contributed by atoms with Gasteiger partial charge in [-0.25, -0.2) is 0 Å². The maximum Gasteiger partial charge on any atom is 0.254 e. The topological polar surface area (TPSA) is 45.2 Å². The van der Waals surface area contributed by atoms with Crippen molar-refractivity contribution in [2.75, 3.05) is 19.6 Å². The van der Waals surface area contributed by atoms with E-state index in [0.717, 1.165) is 39.5 Å². The minimum absolute atomic E-state index is 0.0330. The highest BCUT2D eigenvalue weighted by molar-refractivity contribution is 6.31. The van der Waals surface area contributed by atoms with Gasteiger partial charge < -0.3 is 10.2 Å². The Morgan fingerprint density at radius 2 is 1.93 bits per heavy atom. The zero-order valence-electron chi connectivity index (χ0n) is 15.7. The second-order valence-electron chi connectivity index (χ2n) is 6.97. The Bertz CT molecular complexity index is 990. The molecule has 142 valence electrons. The van der Waals surface area contributed by atoms with Gasteiger partial charge in [0.15, 0.2) is 0 Å². The fourth-order valence-corrected chi connectivity index (χ4v) is 4.01. The monoisotopic (exact) mass is 391 g/mol. The first-order valence-electron chi connectivity index (χ1n) is 9.43. The largest absolute Gasteiger partial charge is 0.335 e. The number of amides is 1. The number of pyridine rings is 1. The summed E-state index contributed by atoms with van der Waals surface area (Å²) in [6.07, 6.45) is 1.77. The Hall–Kier alpha value is -2.69. The third-order valence-electron chi connectivity index (χ3n) is 5.25. The maximum atomic E-state index is 13.3. The third-order valence-corrected chi connectivity index (χ3v) is 5.59. The van der Waals surface area contributed by atoms with Crippen LogP contribution in [0.15, 0.2) is 66.9 Å². The Morgan fingerprint density at radius 1 is 1.11 bits per heavy atom. The fraction of sp³-hybridized carbons (Fsp3) is 0.217. The van der Waals surface area contributed by atoms with Crippen LogP contribution in [0.4, 0.5) is 0 Å². The zero-order valence-corrected chi connectivity index (χ0v) is 16.5. The standard InChI is InChI=1S/C23H22ClN3O/c1-16-17(21-11-4-5-12-25-21)8-6-9-18(16)23(28)27-14-13-26-22(15-27)19-7-2-3-10-20(19)24/h2-12,22,26H,13-15H2,1H3. The number of nitrogens with zero attached hydrogens (tertiary/aromatic N) is 2. The van der Waals surface area contributed by atoms with E-state index in [1.807, 2.05) is 72.5 Å². The Labute approximate surface area is 170 Å². The molecule has 1 atom stereocenters. The SMILES string of the molecule is Cc1c(C(=O)N2CCNC(c3ccccc3Cl)C2)cccc1-c1ccccn1. The number of piperazine rings is 1. The highest BCUT2D eigenvalue weighted by Gasteiger charge is 2.27. The lowest BCUT2D eigenvalue weighted by atomic mass is 9.97. The van der Waals surface area contributed by atoms with E-state index in [9.17, 15) is 4.79 Å². The number of carbonyl (C=O) groups is 1. The molecule has 1 fully saturated rings. The average molecular weight is 392 g/mol. The molecule has 0 radical (unpaired) electrons. The van der Waals surface area contributed by atoms with E-state index < -0.39 is 0 Å². The summed E-state index contributed by atoms with van der Waals surface area (Å²) in [7, 11) is 0. The van der Waals surface area contributed by atoms with Crippen LogP contribution in [-0.2, 0) is 0 Å². The lowest BCUT2D eigenvalue weighted by Crippen LogP contribution is -2.48. The minimum atomic E-state index is 0.0330. The summed E-state index contributed by atoms with van der Waals surface area (Å²) in [6.45, 7) is 3.99. The van der Waals surface area contributed by atoms with Crippen molar-refractivity contribution in [3.05, 3.63) is 88.6 Å². The van der Waals surface area contributed by atoms with Crippen LogP contribution in [0.3, 0.4) is 0 Å². The minimum Gasteiger partial charge on any atom is -0.335 e. The first kappa shape index (κ1) is 18.7. The van der Waals surface area contributed by atoms with Crippen LogP contribution >= 0.6 is 11.6 Å². The molecule has 0 bridgehead atoms. The average Bonchev–Trinajstić information content (AvgIpc) is 2.74. The van der Waals surface area contributed by atoms with Gasteiger partial charge in [-0.2, -0.15) is 0 Å². The molecule has 1 N–H and O–H groups in total. The van der Waals surface area contributed by atoms with Gasteiger partial charge in [-0.1, -0.05) is 48.0 Å². The van der Waals surface area contributed by atoms with E-state index in [0.29, 0.717) is 13.1 Å². The summed E-state index contributed by atoms with van der Waals surface area (Å²) in [4.78, 5) is 19.7. The molecule has 1 saturated heterocycles. The molecule has 0 aliphatic carbocycles. The smallest absolute Gasteiger partial charge is 0.254 e. The molecule has 2 aromatic carbocycles. The Kier molecular flexibility index (Phi) is 5.42. The van der Waals surface area contributed by atoms with Crippen molar-refractivity contribution in [1.29, 1.82) is 0 Å². The van der Waals surface area contributed by atoms with Gasteiger partial charge in [-0.3, -0.25) is 9.78 Å². The molecule has 4 rings (SSSR count). The summed E-state index contributed by atoms with van der Waals surface area (Å²) in [5, 5.41) is 4.20. The quantitative estimate of drug-likeness (QED) is 0.715. The second kappa shape index (κ2) is 8.13. The van der Waals surface area contributed by atoms with Crippen molar-refractivity contribution in [1.82, 2.24) is 15.2 Å². The number of halogens is 1. The van der Waals surface area contributed by atoms with Gasteiger partial charge in [0, 0.05) is 42.0 Å². The molecule has 2 heterocycles. The van der Waals surface area contributed by atoms with E-state index >= 15 is 0 Å². The molecule has 5 heteroatoms. The van der Waals surface area contributed by atoms with E-state index in [2.05, 4.69) is 10.3 Å². The van der Waals surface area contributed by atoms with Crippen molar-refractivity contribution < 1.29 is 4.79 Å². The molecule has 1 amide bonds. The predicted molar refractivity (Wildman–Crippen MR) is 113 cm³/mol.